The molecular weight excluding hydrogens is 671 g/mol. The molecule has 5 rings (SSSR count). The Balaban J connectivity index is 1.09. The van der Waals surface area contributed by atoms with E-state index in [0.29, 0.717) is 62.0 Å². The van der Waals surface area contributed by atoms with Gasteiger partial charge in [-0.25, -0.2) is 4.79 Å². The van der Waals surface area contributed by atoms with E-state index in [1.54, 1.807) is 36.0 Å². The maximum absolute atomic E-state index is 13.5. The molecule has 0 saturated carbocycles. The largest absolute Gasteiger partial charge is 0.491 e. The molecule has 2 aromatic carbocycles. The number of benzene rings is 2. The summed E-state index contributed by atoms with van der Waals surface area (Å²) in [6, 6.07) is 13.1. The Hall–Kier alpha value is -4.31. The van der Waals surface area contributed by atoms with E-state index in [2.05, 4.69) is 33.3 Å². The monoisotopic (exact) mass is 717 g/mol. The van der Waals surface area contributed by atoms with Gasteiger partial charge >= 0.3 is 5.97 Å². The van der Waals surface area contributed by atoms with Gasteiger partial charge < -0.3 is 34.1 Å². The third-order valence-electron chi connectivity index (χ3n) is 9.54. The first-order valence-corrected chi connectivity index (χ1v) is 18.6. The molecule has 2 amide bonds. The second kappa shape index (κ2) is 18.8. The third kappa shape index (κ3) is 10.2. The predicted octanol–water partition coefficient (Wildman–Crippen LogP) is 4.74. The lowest BCUT2D eigenvalue weighted by atomic mass is 9.79. The molecule has 0 spiro atoms. The van der Waals surface area contributed by atoms with Crippen molar-refractivity contribution in [3.8, 4) is 17.6 Å². The minimum absolute atomic E-state index is 0.0621. The van der Waals surface area contributed by atoms with E-state index in [0.717, 1.165) is 59.4 Å². The first-order chi connectivity index (χ1) is 24.8. The molecule has 272 valence electrons. The van der Waals surface area contributed by atoms with Gasteiger partial charge in [0, 0.05) is 41.9 Å². The Morgan fingerprint density at radius 2 is 1.82 bits per heavy atom. The van der Waals surface area contributed by atoms with Crippen LogP contribution in [-0.2, 0) is 31.2 Å². The molecule has 12 heteroatoms. The summed E-state index contributed by atoms with van der Waals surface area (Å²) in [6.07, 6.45) is 4.57. The number of fused-ring (bicyclic) bond motifs is 2. The number of nitrogens with one attached hydrogen (secondary N) is 1. The van der Waals surface area contributed by atoms with Crippen LogP contribution in [0.15, 0.2) is 47.0 Å². The molecule has 2 aliphatic heterocycles. The van der Waals surface area contributed by atoms with E-state index in [1.165, 1.54) is 7.11 Å². The summed E-state index contributed by atoms with van der Waals surface area (Å²) in [5.74, 6) is 8.46. The summed E-state index contributed by atoms with van der Waals surface area (Å²) in [7, 11) is 1.34. The first kappa shape index (κ1) is 37.9. The van der Waals surface area contributed by atoms with Crippen molar-refractivity contribution in [2.75, 3.05) is 45.8 Å². The van der Waals surface area contributed by atoms with Gasteiger partial charge in [-0.05, 0) is 93.3 Å². The molecule has 51 heavy (non-hydrogen) atoms. The number of amides is 2. The number of aryl methyl sites for hydroxylation is 3. The minimum atomic E-state index is -0.401. The van der Waals surface area contributed by atoms with Crippen molar-refractivity contribution in [2.45, 2.75) is 76.1 Å². The molecule has 2 saturated heterocycles. The van der Waals surface area contributed by atoms with Crippen molar-refractivity contribution in [1.29, 1.82) is 0 Å². The molecule has 11 nitrogen and oxygen atoms in total. The zero-order valence-corrected chi connectivity index (χ0v) is 30.4. The lowest BCUT2D eigenvalue weighted by molar-refractivity contribution is -0.132. The van der Waals surface area contributed by atoms with Crippen molar-refractivity contribution in [2.24, 2.45) is 0 Å². The van der Waals surface area contributed by atoms with Crippen LogP contribution < -0.4 is 10.1 Å². The number of aliphatic hydroxyl groups excluding tert-OH is 1. The average molecular weight is 718 g/mol. The number of carbonyl (C=O) groups excluding carboxylic acids is 3. The predicted molar refractivity (Wildman–Crippen MR) is 194 cm³/mol. The first-order valence-electron chi connectivity index (χ1n) is 17.5. The van der Waals surface area contributed by atoms with Crippen LogP contribution in [0.4, 0.5) is 0 Å². The normalized spacial score (nSPS) is 17.8. The standard InChI is InChI=1S/C39H47N3O8S/c1-26-35(27(2)50-41-26)24-51-25-37(45)42-32-12-13-33(42)23-31(22-32)38-28(8-5-18-43)6-4-7-29(38)11-16-36(44)40-17-19-48-20-21-49-34-14-9-30(10-15-34)39(46)47-3/h4,6-7,9-10,14-15,31-33,43H,11-13,16-25H2,1-3H3,(H,40,44). The van der Waals surface area contributed by atoms with Crippen molar-refractivity contribution in [1.82, 2.24) is 15.4 Å². The van der Waals surface area contributed by atoms with Crippen LogP contribution in [0.3, 0.4) is 0 Å². The molecule has 2 unspecified atom stereocenters. The Morgan fingerprint density at radius 1 is 1.06 bits per heavy atom. The fourth-order valence-electron chi connectivity index (χ4n) is 7.12. The quantitative estimate of drug-likeness (QED) is 0.121. The number of ether oxygens (including phenoxy) is 3. The highest BCUT2D eigenvalue weighted by Crippen LogP contribution is 2.45. The van der Waals surface area contributed by atoms with Gasteiger partial charge in [0.25, 0.3) is 0 Å². The SMILES string of the molecule is COC(=O)c1ccc(OCCOCCNC(=O)CCc2cccc(C#CCO)c2C2CC3CCC(C2)N3C(=O)CSCc2c(C)noc2C)cc1. The fraction of sp³-hybridized carbons (Fsp3) is 0.487. The number of hydrogen-bond donors (Lipinski definition) is 2. The molecule has 2 N–H and O–H groups in total. The second-order valence-electron chi connectivity index (χ2n) is 12.8. The molecule has 3 heterocycles. The van der Waals surface area contributed by atoms with E-state index in [1.807, 2.05) is 26.0 Å². The van der Waals surface area contributed by atoms with Crippen LogP contribution in [0, 0.1) is 25.7 Å². The van der Waals surface area contributed by atoms with Crippen LogP contribution in [0.1, 0.15) is 82.1 Å². The van der Waals surface area contributed by atoms with Crippen LogP contribution >= 0.6 is 11.8 Å². The lowest BCUT2D eigenvalue weighted by Crippen LogP contribution is -2.47. The van der Waals surface area contributed by atoms with Crippen LogP contribution in [0.2, 0.25) is 0 Å². The van der Waals surface area contributed by atoms with Crippen molar-refractivity contribution < 1.29 is 38.2 Å². The number of carbonyl (C=O) groups is 3. The highest BCUT2D eigenvalue weighted by molar-refractivity contribution is 7.99. The molecule has 3 aromatic rings. The van der Waals surface area contributed by atoms with Gasteiger partial charge in [0.05, 0.1) is 37.3 Å². The molecule has 2 bridgehead atoms. The molecule has 1 aromatic heterocycles. The second-order valence-corrected chi connectivity index (χ2v) is 13.8. The molecule has 2 aliphatic rings. The molecular formula is C39H47N3O8S. The van der Waals surface area contributed by atoms with Crippen molar-refractivity contribution in [3.63, 3.8) is 0 Å². The minimum Gasteiger partial charge on any atom is -0.491 e. The van der Waals surface area contributed by atoms with Gasteiger partial charge in [-0.2, -0.15) is 0 Å². The highest BCUT2D eigenvalue weighted by Gasteiger charge is 2.44. The van der Waals surface area contributed by atoms with Crippen molar-refractivity contribution in [3.05, 3.63) is 81.7 Å². The maximum atomic E-state index is 13.5. The number of hydrogen-bond acceptors (Lipinski definition) is 10. The van der Waals surface area contributed by atoms with E-state index in [9.17, 15) is 19.5 Å². The van der Waals surface area contributed by atoms with Gasteiger partial charge in [-0.3, -0.25) is 9.59 Å². The lowest BCUT2D eigenvalue weighted by Gasteiger charge is -2.40. The van der Waals surface area contributed by atoms with Gasteiger partial charge in [-0.1, -0.05) is 29.1 Å². The van der Waals surface area contributed by atoms with Crippen LogP contribution in [-0.4, -0.2) is 90.9 Å². The topological polar surface area (TPSA) is 140 Å². The summed E-state index contributed by atoms with van der Waals surface area (Å²) >= 11 is 1.61. The van der Waals surface area contributed by atoms with Crippen molar-refractivity contribution >= 4 is 29.5 Å². The van der Waals surface area contributed by atoms with E-state index in [4.69, 9.17) is 18.7 Å². The summed E-state index contributed by atoms with van der Waals surface area (Å²) in [6.45, 7) is 5.03. The highest BCUT2D eigenvalue weighted by atomic mass is 32.2. The molecule has 2 atom stereocenters. The number of aliphatic hydroxyl groups is 1. The van der Waals surface area contributed by atoms with E-state index >= 15 is 0 Å². The number of aromatic nitrogens is 1. The van der Waals surface area contributed by atoms with Crippen LogP contribution in [0.5, 0.6) is 5.75 Å². The van der Waals surface area contributed by atoms with Gasteiger partial charge in [0.15, 0.2) is 0 Å². The number of esters is 1. The Labute approximate surface area is 303 Å². The van der Waals surface area contributed by atoms with Gasteiger partial charge in [-0.15, -0.1) is 11.8 Å². The average Bonchev–Trinajstić information content (AvgIpc) is 3.61. The summed E-state index contributed by atoms with van der Waals surface area (Å²) in [5.41, 5.74) is 5.51. The Kier molecular flexibility index (Phi) is 14.0. The summed E-state index contributed by atoms with van der Waals surface area (Å²) in [5, 5.41) is 16.4. The Morgan fingerprint density at radius 3 is 2.51 bits per heavy atom. The van der Waals surface area contributed by atoms with Crippen LogP contribution in [0.25, 0.3) is 0 Å². The third-order valence-corrected chi connectivity index (χ3v) is 10.5. The number of rotatable bonds is 16. The molecule has 2 fully saturated rings. The summed E-state index contributed by atoms with van der Waals surface area (Å²) < 4.78 is 21.2. The van der Waals surface area contributed by atoms with Gasteiger partial charge in [0.1, 0.15) is 24.7 Å². The molecule has 0 radical (unpaired) electrons. The number of piperidine rings is 1. The maximum Gasteiger partial charge on any atom is 0.337 e. The number of thioether (sulfide) groups is 1. The molecule has 0 aliphatic carbocycles. The Bertz CT molecular complexity index is 1680. The van der Waals surface area contributed by atoms with E-state index < -0.39 is 5.97 Å². The number of nitrogens with zero attached hydrogens (tertiary/aromatic N) is 2. The van der Waals surface area contributed by atoms with E-state index in [-0.39, 0.29) is 36.4 Å². The zero-order chi connectivity index (χ0) is 36.2. The smallest absolute Gasteiger partial charge is 0.337 e. The summed E-state index contributed by atoms with van der Waals surface area (Å²) in [4.78, 5) is 40.0. The fourth-order valence-corrected chi connectivity index (χ4v) is 8.17. The zero-order valence-electron chi connectivity index (χ0n) is 29.6. The number of methoxy groups -OCH3 is 1. The van der Waals surface area contributed by atoms with Gasteiger partial charge in [0.2, 0.25) is 11.8 Å².